The number of hydrogen-bond acceptors (Lipinski definition) is 2. The molecule has 0 bridgehead atoms. The smallest absolute Gasteiger partial charge is 0.0465 e. The summed E-state index contributed by atoms with van der Waals surface area (Å²) in [6, 6.07) is 6.36. The van der Waals surface area contributed by atoms with Crippen LogP contribution in [0.2, 0.25) is 10.0 Å². The SMILES string of the molecule is CCC(C)C1CN(Cc2ccc(Cl)cc2Cl)CCN1. The van der Waals surface area contributed by atoms with Gasteiger partial charge in [0.05, 0.1) is 0 Å². The van der Waals surface area contributed by atoms with Crippen LogP contribution < -0.4 is 5.32 Å². The fraction of sp³-hybridized carbons (Fsp3) is 0.600. The summed E-state index contributed by atoms with van der Waals surface area (Å²) in [5.41, 5.74) is 1.16. The van der Waals surface area contributed by atoms with Gasteiger partial charge in [-0.2, -0.15) is 0 Å². The van der Waals surface area contributed by atoms with E-state index in [2.05, 4.69) is 24.1 Å². The first-order valence-corrected chi connectivity index (χ1v) is 7.75. The minimum Gasteiger partial charge on any atom is -0.311 e. The highest BCUT2D eigenvalue weighted by molar-refractivity contribution is 6.35. The quantitative estimate of drug-likeness (QED) is 0.909. The molecular formula is C15H22Cl2N2. The molecule has 1 N–H and O–H groups in total. The van der Waals surface area contributed by atoms with Gasteiger partial charge in [-0.1, -0.05) is 49.5 Å². The molecule has 1 aromatic rings. The number of rotatable bonds is 4. The molecule has 0 saturated carbocycles. The first-order chi connectivity index (χ1) is 9.10. The highest BCUT2D eigenvalue weighted by atomic mass is 35.5. The van der Waals surface area contributed by atoms with Crippen LogP contribution in [0.5, 0.6) is 0 Å². The highest BCUT2D eigenvalue weighted by Crippen LogP contribution is 2.23. The van der Waals surface area contributed by atoms with Gasteiger partial charge in [-0.25, -0.2) is 0 Å². The fourth-order valence-corrected chi connectivity index (χ4v) is 3.01. The molecule has 1 aliphatic heterocycles. The van der Waals surface area contributed by atoms with Crippen LogP contribution in [-0.2, 0) is 6.54 Å². The molecular weight excluding hydrogens is 279 g/mol. The zero-order valence-corrected chi connectivity index (χ0v) is 13.1. The van der Waals surface area contributed by atoms with Gasteiger partial charge in [0.1, 0.15) is 0 Å². The van der Waals surface area contributed by atoms with Gasteiger partial charge in [0.15, 0.2) is 0 Å². The second-order valence-electron chi connectivity index (χ2n) is 5.42. The normalized spacial score (nSPS) is 22.4. The summed E-state index contributed by atoms with van der Waals surface area (Å²) < 4.78 is 0. The molecule has 1 aliphatic rings. The third kappa shape index (κ3) is 4.09. The minimum absolute atomic E-state index is 0.588. The van der Waals surface area contributed by atoms with Crippen molar-refractivity contribution in [2.45, 2.75) is 32.9 Å². The van der Waals surface area contributed by atoms with Crippen LogP contribution in [0.3, 0.4) is 0 Å². The predicted octanol–water partition coefficient (Wildman–Crippen LogP) is 3.81. The first kappa shape index (κ1) is 15.1. The second-order valence-corrected chi connectivity index (χ2v) is 6.26. The van der Waals surface area contributed by atoms with E-state index in [4.69, 9.17) is 23.2 Å². The Bertz CT molecular complexity index is 423. The van der Waals surface area contributed by atoms with E-state index < -0.39 is 0 Å². The van der Waals surface area contributed by atoms with E-state index in [1.54, 1.807) is 0 Å². The van der Waals surface area contributed by atoms with Crippen LogP contribution in [0, 0.1) is 5.92 Å². The maximum absolute atomic E-state index is 6.25. The largest absolute Gasteiger partial charge is 0.311 e. The molecule has 0 amide bonds. The van der Waals surface area contributed by atoms with Crippen molar-refractivity contribution in [3.63, 3.8) is 0 Å². The maximum atomic E-state index is 6.25. The first-order valence-electron chi connectivity index (χ1n) is 6.99. The summed E-state index contributed by atoms with van der Waals surface area (Å²) >= 11 is 12.2. The average Bonchev–Trinajstić information content (AvgIpc) is 2.41. The van der Waals surface area contributed by atoms with E-state index in [-0.39, 0.29) is 0 Å². The summed E-state index contributed by atoms with van der Waals surface area (Å²) in [6.07, 6.45) is 1.22. The van der Waals surface area contributed by atoms with Crippen LogP contribution in [0.4, 0.5) is 0 Å². The van der Waals surface area contributed by atoms with E-state index in [9.17, 15) is 0 Å². The van der Waals surface area contributed by atoms with Crippen LogP contribution in [-0.4, -0.2) is 30.6 Å². The molecule has 2 unspecified atom stereocenters. The molecule has 106 valence electrons. The predicted molar refractivity (Wildman–Crippen MR) is 83.0 cm³/mol. The van der Waals surface area contributed by atoms with Gasteiger partial charge in [-0.05, 0) is 23.6 Å². The summed E-state index contributed by atoms with van der Waals surface area (Å²) in [4.78, 5) is 2.47. The van der Waals surface area contributed by atoms with Crippen molar-refractivity contribution in [1.82, 2.24) is 10.2 Å². The van der Waals surface area contributed by atoms with Gasteiger partial charge in [-0.3, -0.25) is 4.90 Å². The number of halogens is 2. The average molecular weight is 301 g/mol. The van der Waals surface area contributed by atoms with Crippen molar-refractivity contribution in [2.75, 3.05) is 19.6 Å². The monoisotopic (exact) mass is 300 g/mol. The Balaban J connectivity index is 1.98. The van der Waals surface area contributed by atoms with Gasteiger partial charge < -0.3 is 5.32 Å². The molecule has 2 atom stereocenters. The Hall–Kier alpha value is -0.280. The minimum atomic E-state index is 0.588. The molecule has 19 heavy (non-hydrogen) atoms. The molecule has 1 aromatic carbocycles. The summed E-state index contributed by atoms with van der Waals surface area (Å²) in [5, 5.41) is 5.08. The summed E-state index contributed by atoms with van der Waals surface area (Å²) in [7, 11) is 0. The third-order valence-electron chi connectivity index (χ3n) is 4.03. The van der Waals surface area contributed by atoms with Crippen molar-refractivity contribution in [1.29, 1.82) is 0 Å². The number of hydrogen-bond donors (Lipinski definition) is 1. The van der Waals surface area contributed by atoms with Gasteiger partial charge in [-0.15, -0.1) is 0 Å². The maximum Gasteiger partial charge on any atom is 0.0465 e. The topological polar surface area (TPSA) is 15.3 Å². The molecule has 0 spiro atoms. The Morgan fingerprint density at radius 1 is 1.42 bits per heavy atom. The Labute approximate surface area is 126 Å². The van der Waals surface area contributed by atoms with E-state index >= 15 is 0 Å². The molecule has 1 saturated heterocycles. The second kappa shape index (κ2) is 6.94. The number of nitrogens with one attached hydrogen (secondary N) is 1. The summed E-state index contributed by atoms with van der Waals surface area (Å²) in [6.45, 7) is 8.70. The van der Waals surface area contributed by atoms with Gasteiger partial charge in [0.2, 0.25) is 0 Å². The number of piperazine rings is 1. The van der Waals surface area contributed by atoms with Crippen LogP contribution in [0.15, 0.2) is 18.2 Å². The van der Waals surface area contributed by atoms with Crippen LogP contribution >= 0.6 is 23.2 Å². The zero-order valence-electron chi connectivity index (χ0n) is 11.6. The molecule has 2 nitrogen and oxygen atoms in total. The molecule has 0 aromatic heterocycles. The van der Waals surface area contributed by atoms with E-state index in [0.717, 1.165) is 36.8 Å². The van der Waals surface area contributed by atoms with Gasteiger partial charge in [0, 0.05) is 42.3 Å². The summed E-state index contributed by atoms with van der Waals surface area (Å²) in [5.74, 6) is 0.712. The molecule has 2 rings (SSSR count). The van der Waals surface area contributed by atoms with Crippen LogP contribution in [0.25, 0.3) is 0 Å². The number of nitrogens with zero attached hydrogens (tertiary/aromatic N) is 1. The fourth-order valence-electron chi connectivity index (χ4n) is 2.54. The molecule has 0 radical (unpaired) electrons. The lowest BCUT2D eigenvalue weighted by Gasteiger charge is -2.36. The standard InChI is InChI=1S/C15H22Cl2N2/c1-3-11(2)15-10-19(7-6-18-15)9-12-4-5-13(16)8-14(12)17/h4-5,8,11,15,18H,3,6-7,9-10H2,1-2H3. The van der Waals surface area contributed by atoms with Crippen molar-refractivity contribution in [3.8, 4) is 0 Å². The van der Waals surface area contributed by atoms with E-state index in [1.807, 2.05) is 18.2 Å². The van der Waals surface area contributed by atoms with Gasteiger partial charge >= 0.3 is 0 Å². The van der Waals surface area contributed by atoms with Crippen molar-refractivity contribution in [2.24, 2.45) is 5.92 Å². The van der Waals surface area contributed by atoms with Crippen molar-refractivity contribution < 1.29 is 0 Å². The number of benzene rings is 1. The van der Waals surface area contributed by atoms with Gasteiger partial charge in [0.25, 0.3) is 0 Å². The van der Waals surface area contributed by atoms with E-state index in [0.29, 0.717) is 17.0 Å². The lowest BCUT2D eigenvalue weighted by Crippen LogP contribution is -2.52. The Morgan fingerprint density at radius 3 is 2.89 bits per heavy atom. The molecule has 1 fully saturated rings. The molecule has 4 heteroatoms. The Kier molecular flexibility index (Phi) is 5.52. The van der Waals surface area contributed by atoms with Crippen LogP contribution in [0.1, 0.15) is 25.8 Å². The third-order valence-corrected chi connectivity index (χ3v) is 4.62. The molecule has 1 heterocycles. The highest BCUT2D eigenvalue weighted by Gasteiger charge is 2.23. The van der Waals surface area contributed by atoms with Crippen molar-refractivity contribution in [3.05, 3.63) is 33.8 Å². The lowest BCUT2D eigenvalue weighted by molar-refractivity contribution is 0.162. The zero-order chi connectivity index (χ0) is 13.8. The lowest BCUT2D eigenvalue weighted by atomic mass is 9.97. The van der Waals surface area contributed by atoms with E-state index in [1.165, 1.54) is 6.42 Å². The Morgan fingerprint density at radius 2 is 2.21 bits per heavy atom. The van der Waals surface area contributed by atoms with Crippen molar-refractivity contribution >= 4 is 23.2 Å². The molecule has 0 aliphatic carbocycles.